The van der Waals surface area contributed by atoms with Crippen molar-refractivity contribution in [2.45, 2.75) is 12.8 Å². The highest BCUT2D eigenvalue weighted by Crippen LogP contribution is 2.25. The maximum Gasteiger partial charge on any atom is 0.305 e. The molecule has 0 saturated heterocycles. The Morgan fingerprint density at radius 3 is 2.75 bits per heavy atom. The Morgan fingerprint density at radius 1 is 1.33 bits per heavy atom. The number of esters is 1. The van der Waals surface area contributed by atoms with Gasteiger partial charge in [-0.25, -0.2) is 8.78 Å². The molecule has 0 aliphatic carbocycles. The normalized spacial score (nSPS) is 10.5. The first-order valence-electron chi connectivity index (χ1n) is 7.26. The van der Waals surface area contributed by atoms with E-state index >= 15 is 0 Å². The number of carbonyl (C=O) groups excluding carboxylic acids is 2. The van der Waals surface area contributed by atoms with Crippen molar-refractivity contribution in [3.8, 4) is 11.3 Å². The molecule has 1 amide bonds. The van der Waals surface area contributed by atoms with Crippen LogP contribution < -0.4 is 5.32 Å². The molecule has 0 radical (unpaired) electrons. The Hall–Kier alpha value is -2.77. The molecular weight excluding hydrogens is 320 g/mol. The molecule has 24 heavy (non-hydrogen) atoms. The van der Waals surface area contributed by atoms with Crippen molar-refractivity contribution in [3.05, 3.63) is 41.6 Å². The van der Waals surface area contributed by atoms with Gasteiger partial charge in [0.2, 0.25) is 0 Å². The number of rotatable bonds is 6. The van der Waals surface area contributed by atoms with Crippen molar-refractivity contribution in [2.75, 3.05) is 13.7 Å². The average Bonchev–Trinajstić information content (AvgIpc) is 2.92. The predicted octanol–water partition coefficient (Wildman–Crippen LogP) is 2.05. The highest BCUT2D eigenvalue weighted by molar-refractivity contribution is 5.99. The van der Waals surface area contributed by atoms with Gasteiger partial charge in [-0.1, -0.05) is 0 Å². The SMILES string of the molecule is COC(=O)CCCNC(=O)c1cn(C)nc1-c1ccc(F)cc1F. The summed E-state index contributed by atoms with van der Waals surface area (Å²) in [5.41, 5.74) is 0.332. The summed E-state index contributed by atoms with van der Waals surface area (Å²) < 4.78 is 32.9. The van der Waals surface area contributed by atoms with E-state index in [-0.39, 0.29) is 35.8 Å². The fourth-order valence-corrected chi connectivity index (χ4v) is 2.17. The molecule has 1 N–H and O–H groups in total. The van der Waals surface area contributed by atoms with Gasteiger partial charge in [0.1, 0.15) is 17.3 Å². The van der Waals surface area contributed by atoms with E-state index in [0.717, 1.165) is 12.1 Å². The number of halogens is 2. The summed E-state index contributed by atoms with van der Waals surface area (Å²) >= 11 is 0. The Kier molecular flexibility index (Phi) is 5.62. The first-order chi connectivity index (χ1) is 11.4. The second-order valence-electron chi connectivity index (χ2n) is 5.12. The van der Waals surface area contributed by atoms with Crippen molar-refractivity contribution < 1.29 is 23.1 Å². The van der Waals surface area contributed by atoms with Crippen LogP contribution in [0.15, 0.2) is 24.4 Å². The quantitative estimate of drug-likeness (QED) is 0.647. The summed E-state index contributed by atoms with van der Waals surface area (Å²) in [6, 6.07) is 3.08. The van der Waals surface area contributed by atoms with Crippen LogP contribution in [-0.2, 0) is 16.6 Å². The monoisotopic (exact) mass is 337 g/mol. The van der Waals surface area contributed by atoms with E-state index in [0.29, 0.717) is 6.42 Å². The standard InChI is InChI=1S/C16H17F2N3O3/c1-21-9-12(16(23)19-7-3-4-14(22)24-2)15(20-21)11-6-5-10(17)8-13(11)18/h5-6,8-9H,3-4,7H2,1-2H3,(H,19,23). The fraction of sp³-hybridized carbons (Fsp3) is 0.312. The number of nitrogens with one attached hydrogen (secondary N) is 1. The van der Waals surface area contributed by atoms with Crippen LogP contribution in [0.5, 0.6) is 0 Å². The van der Waals surface area contributed by atoms with E-state index < -0.39 is 17.5 Å². The van der Waals surface area contributed by atoms with Gasteiger partial charge in [-0.2, -0.15) is 5.10 Å². The van der Waals surface area contributed by atoms with Crippen LogP contribution >= 0.6 is 0 Å². The number of aromatic nitrogens is 2. The molecule has 0 bridgehead atoms. The van der Waals surface area contributed by atoms with Gasteiger partial charge in [0.15, 0.2) is 0 Å². The number of methoxy groups -OCH3 is 1. The van der Waals surface area contributed by atoms with Crippen molar-refractivity contribution >= 4 is 11.9 Å². The van der Waals surface area contributed by atoms with Crippen LogP contribution in [0.25, 0.3) is 11.3 Å². The summed E-state index contributed by atoms with van der Waals surface area (Å²) in [5.74, 6) is -2.32. The minimum absolute atomic E-state index is 0.0386. The molecule has 8 heteroatoms. The minimum Gasteiger partial charge on any atom is -0.469 e. The van der Waals surface area contributed by atoms with Gasteiger partial charge >= 0.3 is 5.97 Å². The molecule has 6 nitrogen and oxygen atoms in total. The van der Waals surface area contributed by atoms with Gasteiger partial charge in [-0.05, 0) is 18.6 Å². The maximum atomic E-state index is 14.0. The second-order valence-corrected chi connectivity index (χ2v) is 5.12. The molecule has 0 atom stereocenters. The number of amides is 1. The second kappa shape index (κ2) is 7.67. The van der Waals surface area contributed by atoms with Crippen molar-refractivity contribution in [3.63, 3.8) is 0 Å². The number of aryl methyl sites for hydroxylation is 1. The van der Waals surface area contributed by atoms with Crippen LogP contribution in [0.1, 0.15) is 23.2 Å². The van der Waals surface area contributed by atoms with Gasteiger partial charge in [0, 0.05) is 37.8 Å². The molecule has 2 aromatic rings. The van der Waals surface area contributed by atoms with Crippen LogP contribution in [-0.4, -0.2) is 35.3 Å². The molecule has 0 aliphatic rings. The number of benzene rings is 1. The third-order valence-corrected chi connectivity index (χ3v) is 3.33. The van der Waals surface area contributed by atoms with Gasteiger partial charge in [-0.15, -0.1) is 0 Å². The summed E-state index contributed by atoms with van der Waals surface area (Å²) in [4.78, 5) is 23.3. The highest BCUT2D eigenvalue weighted by atomic mass is 19.1. The first-order valence-corrected chi connectivity index (χ1v) is 7.26. The van der Waals surface area contributed by atoms with Gasteiger partial charge in [0.05, 0.1) is 12.7 Å². The molecule has 0 spiro atoms. The van der Waals surface area contributed by atoms with E-state index in [9.17, 15) is 18.4 Å². The Balaban J connectivity index is 2.13. The molecule has 0 fully saturated rings. The topological polar surface area (TPSA) is 73.2 Å². The van der Waals surface area contributed by atoms with Crippen LogP contribution in [0, 0.1) is 11.6 Å². The average molecular weight is 337 g/mol. The number of nitrogens with zero attached hydrogens (tertiary/aromatic N) is 2. The molecule has 128 valence electrons. The number of carbonyl (C=O) groups is 2. The highest BCUT2D eigenvalue weighted by Gasteiger charge is 2.19. The van der Waals surface area contributed by atoms with Gasteiger partial charge < -0.3 is 10.1 Å². The predicted molar refractivity (Wildman–Crippen MR) is 82.1 cm³/mol. The molecule has 1 aromatic heterocycles. The van der Waals surface area contributed by atoms with E-state index in [1.54, 1.807) is 7.05 Å². The van der Waals surface area contributed by atoms with Gasteiger partial charge in [0.25, 0.3) is 5.91 Å². The van der Waals surface area contributed by atoms with E-state index in [4.69, 9.17) is 0 Å². The zero-order chi connectivity index (χ0) is 17.7. The van der Waals surface area contributed by atoms with Crippen molar-refractivity contribution in [2.24, 2.45) is 7.05 Å². The minimum atomic E-state index is -0.798. The van der Waals surface area contributed by atoms with E-state index in [1.165, 1.54) is 24.1 Å². The maximum absolute atomic E-state index is 14.0. The lowest BCUT2D eigenvalue weighted by Crippen LogP contribution is -2.25. The lowest BCUT2D eigenvalue weighted by Gasteiger charge is -2.06. The summed E-state index contributed by atoms with van der Waals surface area (Å²) in [7, 11) is 2.89. The van der Waals surface area contributed by atoms with Crippen molar-refractivity contribution in [1.29, 1.82) is 0 Å². The molecule has 0 unspecified atom stereocenters. The fourth-order valence-electron chi connectivity index (χ4n) is 2.17. The number of hydrogen-bond donors (Lipinski definition) is 1. The Labute approximate surface area is 137 Å². The number of ether oxygens (including phenoxy) is 1. The molecule has 1 heterocycles. The zero-order valence-electron chi connectivity index (χ0n) is 13.3. The van der Waals surface area contributed by atoms with Gasteiger partial charge in [-0.3, -0.25) is 14.3 Å². The lowest BCUT2D eigenvalue weighted by molar-refractivity contribution is -0.140. The summed E-state index contributed by atoms with van der Waals surface area (Å²) in [5, 5.41) is 6.72. The largest absolute Gasteiger partial charge is 0.469 e. The zero-order valence-corrected chi connectivity index (χ0v) is 13.3. The Bertz CT molecular complexity index is 759. The first kappa shape index (κ1) is 17.6. The van der Waals surface area contributed by atoms with Crippen LogP contribution in [0.4, 0.5) is 8.78 Å². The molecular formula is C16H17F2N3O3. The summed E-state index contributed by atoms with van der Waals surface area (Å²) in [6.07, 6.45) is 2.05. The third-order valence-electron chi connectivity index (χ3n) is 3.33. The molecule has 2 rings (SSSR count). The number of hydrogen-bond acceptors (Lipinski definition) is 4. The lowest BCUT2D eigenvalue weighted by atomic mass is 10.1. The summed E-state index contributed by atoms with van der Waals surface area (Å²) in [6.45, 7) is 0.258. The van der Waals surface area contributed by atoms with Crippen LogP contribution in [0.3, 0.4) is 0 Å². The smallest absolute Gasteiger partial charge is 0.305 e. The Morgan fingerprint density at radius 2 is 2.08 bits per heavy atom. The third kappa shape index (κ3) is 4.15. The van der Waals surface area contributed by atoms with E-state index in [1.807, 2.05) is 0 Å². The van der Waals surface area contributed by atoms with Crippen LogP contribution in [0.2, 0.25) is 0 Å². The molecule has 0 aliphatic heterocycles. The van der Waals surface area contributed by atoms with E-state index in [2.05, 4.69) is 15.2 Å². The molecule has 0 saturated carbocycles. The molecule has 1 aromatic carbocycles. The van der Waals surface area contributed by atoms with Crippen molar-refractivity contribution in [1.82, 2.24) is 15.1 Å².